The van der Waals surface area contributed by atoms with Gasteiger partial charge in [-0.1, -0.05) is 19.3 Å². The molecule has 2 rings (SSSR count). The van der Waals surface area contributed by atoms with Crippen molar-refractivity contribution in [3.63, 3.8) is 0 Å². The second kappa shape index (κ2) is 7.97. The summed E-state index contributed by atoms with van der Waals surface area (Å²) in [5, 5.41) is 11.9. The van der Waals surface area contributed by atoms with Gasteiger partial charge in [-0.3, -0.25) is 4.79 Å². The number of hydrogen-bond acceptors (Lipinski definition) is 3. The average Bonchev–Trinajstić information content (AvgIpc) is 2.47. The molecule has 0 heterocycles. The maximum absolute atomic E-state index is 11.9. The van der Waals surface area contributed by atoms with Crippen LogP contribution in [0.15, 0.2) is 21.1 Å². The number of aromatic carboxylic acids is 1. The van der Waals surface area contributed by atoms with E-state index in [0.29, 0.717) is 14.7 Å². The SMILES string of the molecule is O=C(COc1c(Br)cc(C(=O)O)cc1Br)NC1CCCCC1. The van der Waals surface area contributed by atoms with Crippen LogP contribution < -0.4 is 10.1 Å². The monoisotopic (exact) mass is 433 g/mol. The maximum atomic E-state index is 11.9. The van der Waals surface area contributed by atoms with Crippen LogP contribution in [0.25, 0.3) is 0 Å². The number of nitrogens with one attached hydrogen (secondary N) is 1. The Bertz CT molecular complexity index is 548. The van der Waals surface area contributed by atoms with Gasteiger partial charge in [-0.05, 0) is 56.8 Å². The predicted molar refractivity (Wildman–Crippen MR) is 89.3 cm³/mol. The molecule has 0 aliphatic heterocycles. The van der Waals surface area contributed by atoms with Gasteiger partial charge in [0.1, 0.15) is 5.75 Å². The molecule has 1 aliphatic rings. The van der Waals surface area contributed by atoms with Crippen molar-refractivity contribution in [3.05, 3.63) is 26.6 Å². The first-order chi connectivity index (χ1) is 10.5. The van der Waals surface area contributed by atoms with Crippen LogP contribution in [0.5, 0.6) is 5.75 Å². The molecule has 1 saturated carbocycles. The van der Waals surface area contributed by atoms with E-state index < -0.39 is 5.97 Å². The van der Waals surface area contributed by atoms with E-state index in [0.717, 1.165) is 25.7 Å². The molecule has 5 nitrogen and oxygen atoms in total. The first-order valence-electron chi connectivity index (χ1n) is 7.12. The molecule has 1 aliphatic carbocycles. The molecule has 1 aromatic rings. The third-order valence-corrected chi connectivity index (χ3v) is 4.74. The Labute approximate surface area is 145 Å². The second-order valence-electron chi connectivity index (χ2n) is 5.27. The molecule has 0 saturated heterocycles. The highest BCUT2D eigenvalue weighted by Crippen LogP contribution is 2.34. The minimum atomic E-state index is -1.03. The lowest BCUT2D eigenvalue weighted by atomic mass is 9.95. The first kappa shape index (κ1) is 17.3. The zero-order chi connectivity index (χ0) is 16.1. The second-order valence-corrected chi connectivity index (χ2v) is 6.97. The topological polar surface area (TPSA) is 75.6 Å². The van der Waals surface area contributed by atoms with Crippen molar-refractivity contribution in [1.29, 1.82) is 0 Å². The van der Waals surface area contributed by atoms with E-state index in [1.54, 1.807) is 0 Å². The summed E-state index contributed by atoms with van der Waals surface area (Å²) in [4.78, 5) is 22.9. The van der Waals surface area contributed by atoms with Crippen LogP contribution in [-0.4, -0.2) is 29.6 Å². The van der Waals surface area contributed by atoms with Gasteiger partial charge in [0.05, 0.1) is 14.5 Å². The van der Waals surface area contributed by atoms with E-state index in [1.165, 1.54) is 18.6 Å². The van der Waals surface area contributed by atoms with Gasteiger partial charge in [0.15, 0.2) is 6.61 Å². The molecule has 1 amide bonds. The molecule has 0 spiro atoms. The molecule has 2 N–H and O–H groups in total. The normalized spacial score (nSPS) is 15.4. The summed E-state index contributed by atoms with van der Waals surface area (Å²) in [6.45, 7) is -0.0971. The number of halogens is 2. The van der Waals surface area contributed by atoms with Crippen molar-refractivity contribution < 1.29 is 19.4 Å². The van der Waals surface area contributed by atoms with Gasteiger partial charge in [-0.15, -0.1) is 0 Å². The zero-order valence-corrected chi connectivity index (χ0v) is 15.1. The molecule has 22 heavy (non-hydrogen) atoms. The van der Waals surface area contributed by atoms with Crippen molar-refractivity contribution in [2.75, 3.05) is 6.61 Å². The number of carbonyl (C=O) groups excluding carboxylic acids is 1. The molecule has 0 bridgehead atoms. The Kier molecular flexibility index (Phi) is 6.26. The lowest BCUT2D eigenvalue weighted by Crippen LogP contribution is -2.39. The quantitative estimate of drug-likeness (QED) is 0.740. The number of carboxylic acid groups (broad SMARTS) is 1. The molecule has 1 fully saturated rings. The van der Waals surface area contributed by atoms with Crippen LogP contribution >= 0.6 is 31.9 Å². The van der Waals surface area contributed by atoms with Crippen LogP contribution in [0.1, 0.15) is 42.5 Å². The van der Waals surface area contributed by atoms with E-state index in [-0.39, 0.29) is 24.1 Å². The summed E-state index contributed by atoms with van der Waals surface area (Å²) in [5.41, 5.74) is 0.137. The van der Waals surface area contributed by atoms with E-state index in [4.69, 9.17) is 9.84 Å². The van der Waals surface area contributed by atoms with Crippen LogP contribution in [0, 0.1) is 0 Å². The average molecular weight is 435 g/mol. The van der Waals surface area contributed by atoms with Gasteiger partial charge in [-0.2, -0.15) is 0 Å². The third kappa shape index (κ3) is 4.71. The first-order valence-corrected chi connectivity index (χ1v) is 8.70. The number of amides is 1. The number of carboxylic acids is 1. The fraction of sp³-hybridized carbons (Fsp3) is 0.467. The minimum Gasteiger partial charge on any atom is -0.481 e. The highest BCUT2D eigenvalue weighted by molar-refractivity contribution is 9.11. The number of carbonyl (C=O) groups is 2. The molecule has 7 heteroatoms. The highest BCUT2D eigenvalue weighted by Gasteiger charge is 2.17. The molecular weight excluding hydrogens is 418 g/mol. The molecule has 0 radical (unpaired) electrons. The predicted octanol–water partition coefficient (Wildman–Crippen LogP) is 3.74. The van der Waals surface area contributed by atoms with Gasteiger partial charge in [0, 0.05) is 6.04 Å². The summed E-state index contributed by atoms with van der Waals surface area (Å²) in [6.07, 6.45) is 5.58. The van der Waals surface area contributed by atoms with E-state index in [9.17, 15) is 9.59 Å². The van der Waals surface area contributed by atoms with Gasteiger partial charge in [0.2, 0.25) is 0 Å². The highest BCUT2D eigenvalue weighted by atomic mass is 79.9. The summed E-state index contributed by atoms with van der Waals surface area (Å²) in [5.74, 6) is -0.764. The summed E-state index contributed by atoms with van der Waals surface area (Å²) >= 11 is 6.53. The van der Waals surface area contributed by atoms with E-state index in [1.807, 2.05) is 0 Å². The molecular formula is C15H17Br2NO4. The molecule has 0 aromatic heterocycles. The summed E-state index contributed by atoms with van der Waals surface area (Å²) in [6, 6.07) is 3.13. The van der Waals surface area contributed by atoms with Crippen molar-refractivity contribution in [2.45, 2.75) is 38.1 Å². The van der Waals surface area contributed by atoms with Crippen LogP contribution in [0.2, 0.25) is 0 Å². The Morgan fingerprint density at radius 1 is 1.18 bits per heavy atom. The molecule has 0 unspecified atom stereocenters. The maximum Gasteiger partial charge on any atom is 0.335 e. The van der Waals surface area contributed by atoms with Gasteiger partial charge in [0.25, 0.3) is 5.91 Å². The van der Waals surface area contributed by atoms with Gasteiger partial charge >= 0.3 is 5.97 Å². The number of benzene rings is 1. The fourth-order valence-corrected chi connectivity index (χ4v) is 3.89. The Hall–Kier alpha value is -1.08. The van der Waals surface area contributed by atoms with Crippen molar-refractivity contribution >= 4 is 43.7 Å². The summed E-state index contributed by atoms with van der Waals surface area (Å²) < 4.78 is 6.49. The third-order valence-electron chi connectivity index (χ3n) is 3.56. The van der Waals surface area contributed by atoms with Crippen molar-refractivity contribution in [3.8, 4) is 5.75 Å². The molecule has 0 atom stereocenters. The van der Waals surface area contributed by atoms with Crippen LogP contribution in [0.4, 0.5) is 0 Å². The lowest BCUT2D eigenvalue weighted by molar-refractivity contribution is -0.124. The smallest absolute Gasteiger partial charge is 0.335 e. The largest absolute Gasteiger partial charge is 0.481 e. The van der Waals surface area contributed by atoms with Crippen LogP contribution in [-0.2, 0) is 4.79 Å². The molecule has 1 aromatic carbocycles. The van der Waals surface area contributed by atoms with E-state index in [2.05, 4.69) is 37.2 Å². The van der Waals surface area contributed by atoms with E-state index >= 15 is 0 Å². The number of rotatable bonds is 5. The lowest BCUT2D eigenvalue weighted by Gasteiger charge is -2.22. The fourth-order valence-electron chi connectivity index (χ4n) is 2.48. The number of ether oxygens (including phenoxy) is 1. The van der Waals surface area contributed by atoms with Crippen molar-refractivity contribution in [2.24, 2.45) is 0 Å². The Balaban J connectivity index is 1.93. The Morgan fingerprint density at radius 3 is 2.32 bits per heavy atom. The minimum absolute atomic E-state index is 0.0971. The number of hydrogen-bond donors (Lipinski definition) is 2. The van der Waals surface area contributed by atoms with Gasteiger partial charge in [-0.25, -0.2) is 4.79 Å². The van der Waals surface area contributed by atoms with Gasteiger partial charge < -0.3 is 15.2 Å². The standard InChI is InChI=1S/C15H17Br2NO4/c16-11-6-9(15(20)21)7-12(17)14(11)22-8-13(19)18-10-4-2-1-3-5-10/h6-7,10H,1-5,8H2,(H,18,19)(H,20,21). The summed E-state index contributed by atoms with van der Waals surface area (Å²) in [7, 11) is 0. The van der Waals surface area contributed by atoms with Crippen molar-refractivity contribution in [1.82, 2.24) is 5.32 Å². The Morgan fingerprint density at radius 2 is 1.77 bits per heavy atom. The van der Waals surface area contributed by atoms with Crippen LogP contribution in [0.3, 0.4) is 0 Å². The molecule has 120 valence electrons. The zero-order valence-electron chi connectivity index (χ0n) is 11.9.